The number of carbonyl (C=O) groups is 1. The van der Waals surface area contributed by atoms with Crippen molar-refractivity contribution in [2.75, 3.05) is 5.32 Å². The van der Waals surface area contributed by atoms with Crippen LogP contribution in [0.3, 0.4) is 0 Å². The average Bonchev–Trinajstić information content (AvgIpc) is 3.43. The number of para-hydroxylation sites is 2. The van der Waals surface area contributed by atoms with E-state index in [4.69, 9.17) is 4.98 Å². The van der Waals surface area contributed by atoms with Gasteiger partial charge in [0.2, 0.25) is 11.9 Å². The Balaban J connectivity index is 1.35. The van der Waals surface area contributed by atoms with Crippen molar-refractivity contribution in [3.8, 4) is 5.69 Å². The number of anilines is 1. The molecule has 4 aromatic rings. The molecule has 2 aromatic heterocycles. The van der Waals surface area contributed by atoms with Crippen molar-refractivity contribution < 1.29 is 4.79 Å². The summed E-state index contributed by atoms with van der Waals surface area (Å²) in [6, 6.07) is 16.1. The molecule has 8 heteroatoms. The highest BCUT2D eigenvalue weighted by molar-refractivity contribution is 5.93. The van der Waals surface area contributed by atoms with E-state index in [0.717, 1.165) is 35.1 Å². The van der Waals surface area contributed by atoms with Gasteiger partial charge in [-0.05, 0) is 53.1 Å². The third-order valence-electron chi connectivity index (χ3n) is 5.70. The van der Waals surface area contributed by atoms with Crippen LogP contribution in [0.15, 0.2) is 54.9 Å². The molecule has 0 spiro atoms. The Kier molecular flexibility index (Phi) is 4.96. The van der Waals surface area contributed by atoms with Crippen molar-refractivity contribution in [1.29, 1.82) is 0 Å². The minimum absolute atomic E-state index is 0.0717. The van der Waals surface area contributed by atoms with Gasteiger partial charge in [-0.25, -0.2) is 9.67 Å². The van der Waals surface area contributed by atoms with Gasteiger partial charge >= 0.3 is 0 Å². The zero-order valence-electron chi connectivity index (χ0n) is 16.6. The Labute approximate surface area is 173 Å². The second-order valence-corrected chi connectivity index (χ2v) is 7.73. The average molecular weight is 401 g/mol. The molecule has 1 aliphatic rings. The smallest absolute Gasteiger partial charge is 0.231 e. The molecule has 0 unspecified atom stereocenters. The number of tetrazole rings is 1. The van der Waals surface area contributed by atoms with E-state index in [1.54, 1.807) is 4.68 Å². The molecule has 1 fully saturated rings. The first-order valence-electron chi connectivity index (χ1n) is 10.4. The van der Waals surface area contributed by atoms with Crippen LogP contribution in [0, 0.1) is 0 Å². The maximum atomic E-state index is 12.8. The normalized spacial score (nSPS) is 14.8. The molecule has 0 saturated heterocycles. The lowest BCUT2D eigenvalue weighted by molar-refractivity contribution is -0.115. The number of rotatable bonds is 5. The molecule has 5 rings (SSSR count). The van der Waals surface area contributed by atoms with Crippen molar-refractivity contribution in [1.82, 2.24) is 29.8 Å². The van der Waals surface area contributed by atoms with Crippen molar-refractivity contribution in [2.24, 2.45) is 0 Å². The Morgan fingerprint density at radius 2 is 1.83 bits per heavy atom. The van der Waals surface area contributed by atoms with Crippen LogP contribution >= 0.6 is 0 Å². The van der Waals surface area contributed by atoms with Crippen LogP contribution in [0.25, 0.3) is 16.7 Å². The molecule has 2 aromatic carbocycles. The molecule has 30 heavy (non-hydrogen) atoms. The predicted octanol–water partition coefficient (Wildman–Crippen LogP) is 3.70. The summed E-state index contributed by atoms with van der Waals surface area (Å²) in [6.07, 6.45) is 7.80. The molecular weight excluding hydrogens is 378 g/mol. The van der Waals surface area contributed by atoms with Gasteiger partial charge in [0.15, 0.2) is 0 Å². The molecule has 8 nitrogen and oxygen atoms in total. The fraction of sp³-hybridized carbons (Fsp3) is 0.318. The first-order chi connectivity index (χ1) is 14.8. The lowest BCUT2D eigenvalue weighted by Crippen LogP contribution is -2.21. The van der Waals surface area contributed by atoms with Gasteiger partial charge in [-0.1, -0.05) is 43.5 Å². The first kappa shape index (κ1) is 18.5. The van der Waals surface area contributed by atoms with E-state index >= 15 is 0 Å². The second kappa shape index (κ2) is 8.06. The van der Waals surface area contributed by atoms with Crippen molar-refractivity contribution >= 4 is 22.9 Å². The number of nitrogens with zero attached hydrogens (tertiary/aromatic N) is 6. The predicted molar refractivity (Wildman–Crippen MR) is 113 cm³/mol. The van der Waals surface area contributed by atoms with Gasteiger partial charge in [-0.15, -0.1) is 5.10 Å². The fourth-order valence-electron chi connectivity index (χ4n) is 4.24. The molecule has 0 aliphatic heterocycles. The Morgan fingerprint density at radius 1 is 1.03 bits per heavy atom. The minimum Gasteiger partial charge on any atom is -0.307 e. The highest BCUT2D eigenvalue weighted by Crippen LogP contribution is 2.34. The van der Waals surface area contributed by atoms with Crippen LogP contribution < -0.4 is 5.32 Å². The molecule has 2 heterocycles. The highest BCUT2D eigenvalue weighted by Gasteiger charge is 2.22. The summed E-state index contributed by atoms with van der Waals surface area (Å²) >= 11 is 0. The van der Waals surface area contributed by atoms with Crippen molar-refractivity contribution in [3.63, 3.8) is 0 Å². The number of aromatic nitrogens is 6. The van der Waals surface area contributed by atoms with Gasteiger partial charge in [0.1, 0.15) is 6.33 Å². The van der Waals surface area contributed by atoms with E-state index in [1.807, 2.05) is 42.5 Å². The van der Waals surface area contributed by atoms with Gasteiger partial charge in [0.05, 0.1) is 23.1 Å². The van der Waals surface area contributed by atoms with Gasteiger partial charge in [0, 0.05) is 6.04 Å². The van der Waals surface area contributed by atoms with Crippen LogP contribution in [-0.2, 0) is 11.2 Å². The summed E-state index contributed by atoms with van der Waals surface area (Å²) in [6.45, 7) is 0. The lowest BCUT2D eigenvalue weighted by Gasteiger charge is -2.25. The number of nitrogens with one attached hydrogen (secondary N) is 1. The maximum absolute atomic E-state index is 12.8. The Morgan fingerprint density at radius 3 is 2.60 bits per heavy atom. The zero-order chi connectivity index (χ0) is 20.3. The molecule has 0 radical (unpaired) electrons. The van der Waals surface area contributed by atoms with E-state index in [1.165, 1.54) is 25.6 Å². The number of hydrogen-bond donors (Lipinski definition) is 1. The van der Waals surface area contributed by atoms with Crippen LogP contribution in [0.2, 0.25) is 0 Å². The van der Waals surface area contributed by atoms with Gasteiger partial charge < -0.3 is 4.57 Å². The molecule has 152 valence electrons. The van der Waals surface area contributed by atoms with Crippen LogP contribution in [-0.4, -0.2) is 35.7 Å². The standard InChI is InChI=1S/C22H23N7O/c30-21(14-16-10-12-17(13-11-16)28-15-23-26-27-28)25-22-24-19-8-4-5-9-20(19)29(22)18-6-2-1-3-7-18/h4-5,8-13,15,18H,1-3,6-7,14H2,(H,24,25,30). The zero-order valence-corrected chi connectivity index (χ0v) is 16.6. The van der Waals surface area contributed by atoms with Crippen LogP contribution in [0.4, 0.5) is 5.95 Å². The number of imidazole rings is 1. The van der Waals surface area contributed by atoms with E-state index in [0.29, 0.717) is 12.0 Å². The summed E-state index contributed by atoms with van der Waals surface area (Å²) in [7, 11) is 0. The molecular formula is C22H23N7O. The molecule has 0 bridgehead atoms. The summed E-state index contributed by atoms with van der Waals surface area (Å²) in [5.41, 5.74) is 3.78. The Bertz CT molecular complexity index is 1140. The molecule has 1 saturated carbocycles. The topological polar surface area (TPSA) is 90.5 Å². The largest absolute Gasteiger partial charge is 0.307 e. The lowest BCUT2D eigenvalue weighted by atomic mass is 9.95. The summed E-state index contributed by atoms with van der Waals surface area (Å²) in [5, 5.41) is 14.2. The third-order valence-corrected chi connectivity index (χ3v) is 5.70. The first-order valence-corrected chi connectivity index (χ1v) is 10.4. The second-order valence-electron chi connectivity index (χ2n) is 7.73. The van der Waals surface area contributed by atoms with E-state index in [2.05, 4.69) is 31.5 Å². The molecule has 0 atom stereocenters. The third kappa shape index (κ3) is 3.68. The van der Waals surface area contributed by atoms with E-state index in [-0.39, 0.29) is 12.3 Å². The monoisotopic (exact) mass is 401 g/mol. The number of amides is 1. The van der Waals surface area contributed by atoms with E-state index < -0.39 is 0 Å². The summed E-state index contributed by atoms with van der Waals surface area (Å²) < 4.78 is 3.81. The van der Waals surface area contributed by atoms with Crippen molar-refractivity contribution in [2.45, 2.75) is 44.6 Å². The number of carbonyl (C=O) groups excluding carboxylic acids is 1. The maximum Gasteiger partial charge on any atom is 0.231 e. The van der Waals surface area contributed by atoms with Gasteiger partial charge in [-0.2, -0.15) is 0 Å². The summed E-state index contributed by atoms with van der Waals surface area (Å²) in [5.74, 6) is 0.580. The molecule has 1 amide bonds. The van der Waals surface area contributed by atoms with Gasteiger partial charge in [-0.3, -0.25) is 10.1 Å². The van der Waals surface area contributed by atoms with Gasteiger partial charge in [0.25, 0.3) is 0 Å². The highest BCUT2D eigenvalue weighted by atomic mass is 16.1. The van der Waals surface area contributed by atoms with E-state index in [9.17, 15) is 4.79 Å². The SMILES string of the molecule is O=C(Cc1ccc(-n2cnnn2)cc1)Nc1nc2ccccc2n1C1CCCCC1. The minimum atomic E-state index is -0.0717. The van der Waals surface area contributed by atoms with Crippen LogP contribution in [0.5, 0.6) is 0 Å². The number of fused-ring (bicyclic) bond motifs is 1. The molecule has 1 N–H and O–H groups in total. The van der Waals surface area contributed by atoms with Crippen molar-refractivity contribution in [3.05, 3.63) is 60.4 Å². The number of hydrogen-bond acceptors (Lipinski definition) is 5. The van der Waals surface area contributed by atoms with Crippen LogP contribution in [0.1, 0.15) is 43.7 Å². The number of benzene rings is 2. The fourth-order valence-corrected chi connectivity index (χ4v) is 4.24. The quantitative estimate of drug-likeness (QED) is 0.551. The molecule has 1 aliphatic carbocycles. The summed E-state index contributed by atoms with van der Waals surface area (Å²) in [4.78, 5) is 17.5. The Hall–Kier alpha value is -3.55.